The molecule has 9 atom stereocenters. The second kappa shape index (κ2) is 5.68. The lowest BCUT2D eigenvalue weighted by atomic mass is 9.51. The molecule has 4 aliphatic rings. The fraction of sp³-hybridized carbons (Fsp3) is 0.900. The van der Waals surface area contributed by atoms with E-state index in [9.17, 15) is 14.7 Å². The number of carbonyl (C=O) groups excluding carboxylic acids is 2. The summed E-state index contributed by atoms with van der Waals surface area (Å²) in [5, 5.41) is 11.0. The molecule has 4 fully saturated rings. The van der Waals surface area contributed by atoms with Crippen molar-refractivity contribution in [3.05, 3.63) is 0 Å². The zero-order valence-electron chi connectivity index (χ0n) is 16.2. The highest BCUT2D eigenvalue weighted by Gasteiger charge is 2.76. The summed E-state index contributed by atoms with van der Waals surface area (Å²) in [7, 11) is 0. The number of ether oxygens (including phenoxy) is 3. The molecule has 0 aromatic carbocycles. The van der Waals surface area contributed by atoms with Crippen LogP contribution in [0.4, 0.5) is 0 Å². The van der Waals surface area contributed by atoms with Crippen LogP contribution in [0.25, 0.3) is 0 Å². The van der Waals surface area contributed by atoms with Crippen LogP contribution in [0.5, 0.6) is 0 Å². The van der Waals surface area contributed by atoms with Crippen molar-refractivity contribution in [3.8, 4) is 0 Å². The van der Waals surface area contributed by atoms with Crippen LogP contribution in [0.15, 0.2) is 0 Å². The maximum Gasteiger partial charge on any atom is 0.309 e. The van der Waals surface area contributed by atoms with Crippen molar-refractivity contribution in [2.45, 2.75) is 83.9 Å². The zero-order valence-corrected chi connectivity index (χ0v) is 16.2. The van der Waals surface area contributed by atoms with E-state index in [1.807, 2.05) is 34.6 Å². The molecular formula is C20H30O6. The first-order valence-corrected chi connectivity index (χ1v) is 9.84. The van der Waals surface area contributed by atoms with Gasteiger partial charge in [0.25, 0.3) is 0 Å². The Morgan fingerprint density at radius 3 is 2.69 bits per heavy atom. The summed E-state index contributed by atoms with van der Waals surface area (Å²) >= 11 is 0. The highest BCUT2D eigenvalue weighted by atomic mass is 16.6. The van der Waals surface area contributed by atoms with E-state index < -0.39 is 23.2 Å². The summed E-state index contributed by atoms with van der Waals surface area (Å²) in [4.78, 5) is 24.7. The van der Waals surface area contributed by atoms with E-state index >= 15 is 0 Å². The van der Waals surface area contributed by atoms with Crippen LogP contribution in [0.2, 0.25) is 0 Å². The summed E-state index contributed by atoms with van der Waals surface area (Å²) in [6.45, 7) is 9.86. The average molecular weight is 366 g/mol. The van der Waals surface area contributed by atoms with E-state index in [1.54, 1.807) is 0 Å². The van der Waals surface area contributed by atoms with Gasteiger partial charge in [-0.25, -0.2) is 0 Å². The van der Waals surface area contributed by atoms with E-state index in [0.717, 1.165) is 0 Å². The van der Waals surface area contributed by atoms with Crippen molar-refractivity contribution in [2.75, 3.05) is 0 Å². The minimum atomic E-state index is -0.681. The number of aliphatic hydroxyl groups is 1. The molecule has 0 spiro atoms. The molecule has 0 radical (unpaired) electrons. The quantitative estimate of drug-likeness (QED) is 0.608. The Balaban J connectivity index is 1.70. The highest BCUT2D eigenvalue weighted by Crippen LogP contribution is 2.66. The second-order valence-corrected chi connectivity index (χ2v) is 9.55. The first kappa shape index (κ1) is 18.2. The third-order valence-corrected chi connectivity index (χ3v) is 7.47. The summed E-state index contributed by atoms with van der Waals surface area (Å²) in [6, 6.07) is 0. The maximum atomic E-state index is 12.4. The number of rotatable bonds is 3. The molecule has 2 aliphatic heterocycles. The van der Waals surface area contributed by atoms with Gasteiger partial charge in [-0.1, -0.05) is 27.7 Å². The SMILES string of the molecule is CC(C)CC(=O)O[C@@H]1CC2[C@H](C)C(=O)O[C@@H]2[C@H]2[C@]3(C)O[C@@H]3C[C@H](O)[C@]12C. The van der Waals surface area contributed by atoms with Crippen LogP contribution >= 0.6 is 0 Å². The van der Waals surface area contributed by atoms with Crippen molar-refractivity contribution in [1.29, 1.82) is 0 Å². The fourth-order valence-corrected chi connectivity index (χ4v) is 5.86. The van der Waals surface area contributed by atoms with Gasteiger partial charge in [0.1, 0.15) is 12.2 Å². The molecule has 4 rings (SSSR count). The number of fused-ring (bicyclic) bond motifs is 5. The van der Waals surface area contributed by atoms with Gasteiger partial charge in [0.15, 0.2) is 0 Å². The number of hydrogen-bond acceptors (Lipinski definition) is 6. The lowest BCUT2D eigenvalue weighted by Crippen LogP contribution is -2.65. The lowest BCUT2D eigenvalue weighted by molar-refractivity contribution is -0.212. The first-order chi connectivity index (χ1) is 12.1. The summed E-state index contributed by atoms with van der Waals surface area (Å²) in [5.74, 6) is -0.633. The van der Waals surface area contributed by atoms with Crippen LogP contribution < -0.4 is 0 Å². The normalized spacial score (nSPS) is 52.0. The molecule has 1 N–H and O–H groups in total. The molecule has 0 aromatic rings. The Morgan fingerprint density at radius 2 is 2.04 bits per heavy atom. The average Bonchev–Trinajstić information content (AvgIpc) is 3.10. The van der Waals surface area contributed by atoms with Gasteiger partial charge >= 0.3 is 11.9 Å². The Hall–Kier alpha value is -1.14. The maximum absolute atomic E-state index is 12.4. The third-order valence-electron chi connectivity index (χ3n) is 7.47. The molecule has 0 bridgehead atoms. The molecule has 6 heteroatoms. The van der Waals surface area contributed by atoms with Crippen LogP contribution in [0.3, 0.4) is 0 Å². The molecule has 26 heavy (non-hydrogen) atoms. The molecule has 146 valence electrons. The predicted octanol–water partition coefficient (Wildman–Crippen LogP) is 2.07. The van der Waals surface area contributed by atoms with Crippen LogP contribution in [-0.2, 0) is 23.8 Å². The van der Waals surface area contributed by atoms with E-state index in [1.165, 1.54) is 0 Å². The Bertz CT molecular complexity index is 632. The first-order valence-electron chi connectivity index (χ1n) is 9.84. The predicted molar refractivity (Wildman–Crippen MR) is 92.0 cm³/mol. The van der Waals surface area contributed by atoms with Crippen LogP contribution in [0.1, 0.15) is 53.9 Å². The van der Waals surface area contributed by atoms with Gasteiger partial charge in [0.05, 0.1) is 23.7 Å². The number of esters is 2. The van der Waals surface area contributed by atoms with Gasteiger partial charge in [-0.2, -0.15) is 0 Å². The van der Waals surface area contributed by atoms with Crippen LogP contribution in [0, 0.1) is 29.1 Å². The largest absolute Gasteiger partial charge is 0.462 e. The Kier molecular flexibility index (Phi) is 3.98. The Morgan fingerprint density at radius 1 is 1.35 bits per heavy atom. The summed E-state index contributed by atoms with van der Waals surface area (Å²) in [5.41, 5.74) is -1.11. The van der Waals surface area contributed by atoms with Crippen molar-refractivity contribution in [2.24, 2.45) is 29.1 Å². The molecule has 1 unspecified atom stereocenters. The number of epoxide rings is 1. The monoisotopic (exact) mass is 366 g/mol. The second-order valence-electron chi connectivity index (χ2n) is 9.55. The molecule has 0 aromatic heterocycles. The standard InChI is InChI=1S/C20H30O6/c1-9(2)6-15(22)24-13-7-11-10(3)18(23)25-16(11)17-19(13,4)12(21)8-14-20(17,5)26-14/h9-14,16-17,21H,6-8H2,1-5H3/t10-,11?,12-,13+,14+,16-,17+,19+,20+/m0/s1. The zero-order chi connectivity index (χ0) is 19.0. The molecule has 2 saturated carbocycles. The third kappa shape index (κ3) is 2.37. The minimum Gasteiger partial charge on any atom is -0.462 e. The van der Waals surface area contributed by atoms with Crippen molar-refractivity contribution >= 4 is 11.9 Å². The topological polar surface area (TPSA) is 85.4 Å². The van der Waals surface area contributed by atoms with Crippen LogP contribution in [-0.4, -0.2) is 47.1 Å². The molecule has 2 saturated heterocycles. The minimum absolute atomic E-state index is 0.00981. The summed E-state index contributed by atoms with van der Waals surface area (Å²) in [6.07, 6.45) is 0.0373. The fourth-order valence-electron chi connectivity index (χ4n) is 5.86. The van der Waals surface area contributed by atoms with E-state index in [0.29, 0.717) is 19.3 Å². The highest BCUT2D eigenvalue weighted by molar-refractivity contribution is 5.75. The van der Waals surface area contributed by atoms with E-state index in [2.05, 4.69) is 0 Å². The molecule has 2 heterocycles. The number of carbonyl (C=O) groups is 2. The molecular weight excluding hydrogens is 336 g/mol. The number of aliphatic hydroxyl groups excluding tert-OH is 1. The van der Waals surface area contributed by atoms with Gasteiger partial charge in [-0.05, 0) is 19.3 Å². The van der Waals surface area contributed by atoms with Gasteiger partial charge in [0.2, 0.25) is 0 Å². The molecule has 2 aliphatic carbocycles. The van der Waals surface area contributed by atoms with Gasteiger partial charge in [0, 0.05) is 30.1 Å². The van der Waals surface area contributed by atoms with E-state index in [4.69, 9.17) is 14.2 Å². The molecule has 0 amide bonds. The van der Waals surface area contributed by atoms with Crippen molar-refractivity contribution in [3.63, 3.8) is 0 Å². The van der Waals surface area contributed by atoms with Crippen molar-refractivity contribution in [1.82, 2.24) is 0 Å². The number of hydrogen-bond donors (Lipinski definition) is 1. The summed E-state index contributed by atoms with van der Waals surface area (Å²) < 4.78 is 17.7. The lowest BCUT2D eigenvalue weighted by Gasteiger charge is -2.56. The Labute approximate surface area is 154 Å². The van der Waals surface area contributed by atoms with Gasteiger partial charge in [-0.15, -0.1) is 0 Å². The van der Waals surface area contributed by atoms with Gasteiger partial charge < -0.3 is 19.3 Å². The molecule has 6 nitrogen and oxygen atoms in total. The van der Waals surface area contributed by atoms with Gasteiger partial charge in [-0.3, -0.25) is 9.59 Å². The van der Waals surface area contributed by atoms with E-state index in [-0.39, 0.29) is 47.8 Å². The smallest absolute Gasteiger partial charge is 0.309 e. The van der Waals surface area contributed by atoms with Crippen molar-refractivity contribution < 1.29 is 28.9 Å².